The zero-order valence-electron chi connectivity index (χ0n) is 15.9. The van der Waals surface area contributed by atoms with Gasteiger partial charge in [0.15, 0.2) is 0 Å². The number of rotatable bonds is 4. The lowest BCUT2D eigenvalue weighted by Crippen LogP contribution is -2.41. The van der Waals surface area contributed by atoms with E-state index in [1.165, 1.54) is 5.56 Å². The minimum absolute atomic E-state index is 0.154. The van der Waals surface area contributed by atoms with Crippen LogP contribution in [0.15, 0.2) is 23.1 Å². The molecular weight excluding hydrogens is 362 g/mol. The first kappa shape index (κ1) is 18.6. The lowest BCUT2D eigenvalue weighted by Gasteiger charge is -2.33. The molecule has 0 spiro atoms. The summed E-state index contributed by atoms with van der Waals surface area (Å²) in [7, 11) is -3.69. The fourth-order valence-corrected chi connectivity index (χ4v) is 4.87. The molecule has 2 aliphatic rings. The van der Waals surface area contributed by atoms with Crippen LogP contribution in [0.2, 0.25) is 0 Å². The number of nitrogens with one attached hydrogen (secondary N) is 1. The van der Waals surface area contributed by atoms with Crippen molar-refractivity contribution in [2.75, 3.05) is 0 Å². The van der Waals surface area contributed by atoms with Crippen LogP contribution in [0.1, 0.15) is 67.8 Å². The molecule has 0 amide bonds. The smallest absolute Gasteiger partial charge is 0.238 e. The van der Waals surface area contributed by atoms with Gasteiger partial charge in [-0.15, -0.1) is 10.2 Å². The van der Waals surface area contributed by atoms with Crippen LogP contribution in [-0.4, -0.2) is 29.2 Å². The van der Waals surface area contributed by atoms with Crippen molar-refractivity contribution in [3.8, 4) is 0 Å². The van der Waals surface area contributed by atoms with Crippen molar-refractivity contribution in [2.45, 2.75) is 75.4 Å². The van der Waals surface area contributed by atoms with E-state index in [1.807, 2.05) is 6.07 Å². The topological polar surface area (TPSA) is 103 Å². The second-order valence-corrected chi connectivity index (χ2v) is 9.55. The number of nitrogens with zero attached hydrogens (tertiary/aromatic N) is 3. The number of fused-ring (bicyclic) bond motifs is 2. The van der Waals surface area contributed by atoms with Gasteiger partial charge in [-0.2, -0.15) is 0 Å². The van der Waals surface area contributed by atoms with Crippen LogP contribution in [-0.2, 0) is 29.4 Å². The number of hydrogen-bond donors (Lipinski definition) is 2. The van der Waals surface area contributed by atoms with E-state index >= 15 is 0 Å². The van der Waals surface area contributed by atoms with Gasteiger partial charge in [-0.1, -0.05) is 19.9 Å². The zero-order valence-corrected chi connectivity index (χ0v) is 16.7. The van der Waals surface area contributed by atoms with E-state index in [0.29, 0.717) is 12.0 Å². The van der Waals surface area contributed by atoms with Gasteiger partial charge >= 0.3 is 0 Å². The third-order valence-electron chi connectivity index (χ3n) is 5.69. The molecule has 2 atom stereocenters. The van der Waals surface area contributed by atoms with E-state index in [9.17, 15) is 8.42 Å². The number of aryl methyl sites for hydroxylation is 2. The van der Waals surface area contributed by atoms with Gasteiger partial charge in [0.05, 0.1) is 4.90 Å². The van der Waals surface area contributed by atoms with Gasteiger partial charge in [-0.05, 0) is 48.9 Å². The summed E-state index contributed by atoms with van der Waals surface area (Å²) in [6.07, 6.45) is 5.01. The van der Waals surface area contributed by atoms with Gasteiger partial charge in [-0.3, -0.25) is 0 Å². The number of aromatic nitrogens is 3. The Balaban J connectivity index is 1.57. The van der Waals surface area contributed by atoms with Gasteiger partial charge in [0.1, 0.15) is 11.6 Å². The minimum Gasteiger partial charge on any atom is -0.313 e. The number of benzene rings is 1. The molecule has 0 saturated carbocycles. The molecule has 1 aliphatic heterocycles. The Morgan fingerprint density at radius 1 is 1.22 bits per heavy atom. The molecule has 2 aromatic rings. The average molecular weight is 390 g/mol. The minimum atomic E-state index is -3.69. The zero-order chi connectivity index (χ0) is 19.2. The molecule has 0 bridgehead atoms. The van der Waals surface area contributed by atoms with E-state index in [2.05, 4.69) is 33.9 Å². The molecule has 0 radical (unpaired) electrons. The predicted molar refractivity (Wildman–Crippen MR) is 103 cm³/mol. The number of primary sulfonamides is 1. The lowest BCUT2D eigenvalue weighted by molar-refractivity contribution is 0.319. The van der Waals surface area contributed by atoms with Crippen molar-refractivity contribution in [2.24, 2.45) is 5.14 Å². The molecular formula is C19H27N5O2S. The molecule has 0 saturated heterocycles. The Hall–Kier alpha value is -1.77. The summed E-state index contributed by atoms with van der Waals surface area (Å²) in [6, 6.07) is 5.77. The Bertz CT molecular complexity index is 951. The van der Waals surface area contributed by atoms with Crippen molar-refractivity contribution in [3.05, 3.63) is 41.0 Å². The third-order valence-corrected chi connectivity index (χ3v) is 6.60. The van der Waals surface area contributed by atoms with E-state index in [0.717, 1.165) is 55.9 Å². The van der Waals surface area contributed by atoms with Gasteiger partial charge in [0.2, 0.25) is 10.0 Å². The van der Waals surface area contributed by atoms with Crippen molar-refractivity contribution in [1.29, 1.82) is 0 Å². The molecule has 0 fully saturated rings. The highest BCUT2D eigenvalue weighted by atomic mass is 32.2. The summed E-state index contributed by atoms with van der Waals surface area (Å²) in [5, 5.41) is 17.8. The van der Waals surface area contributed by atoms with Crippen molar-refractivity contribution >= 4 is 10.0 Å². The van der Waals surface area contributed by atoms with Crippen molar-refractivity contribution < 1.29 is 8.42 Å². The fraction of sp³-hybridized carbons (Fsp3) is 0.579. The van der Waals surface area contributed by atoms with Crippen molar-refractivity contribution in [1.82, 2.24) is 20.1 Å². The van der Waals surface area contributed by atoms with Gasteiger partial charge in [-0.25, -0.2) is 13.6 Å². The number of nitrogens with two attached hydrogens (primary N) is 1. The molecule has 27 heavy (non-hydrogen) atoms. The third kappa shape index (κ3) is 3.66. The van der Waals surface area contributed by atoms with E-state index in [1.54, 1.807) is 12.1 Å². The van der Waals surface area contributed by atoms with Crippen LogP contribution in [0.5, 0.6) is 0 Å². The summed E-state index contributed by atoms with van der Waals surface area (Å²) in [6.45, 7) is 5.14. The first-order valence-corrected chi connectivity index (χ1v) is 11.2. The monoisotopic (exact) mass is 389 g/mol. The van der Waals surface area contributed by atoms with Crippen LogP contribution in [0.4, 0.5) is 0 Å². The van der Waals surface area contributed by atoms with E-state index in [4.69, 9.17) is 5.14 Å². The summed E-state index contributed by atoms with van der Waals surface area (Å²) < 4.78 is 25.8. The van der Waals surface area contributed by atoms with Gasteiger partial charge in [0.25, 0.3) is 0 Å². The van der Waals surface area contributed by atoms with Crippen LogP contribution in [0.3, 0.4) is 0 Å². The summed E-state index contributed by atoms with van der Waals surface area (Å²) in [5.41, 5.74) is 2.29. The van der Waals surface area contributed by atoms with Gasteiger partial charge in [0, 0.05) is 31.0 Å². The molecule has 8 heteroatoms. The first-order chi connectivity index (χ1) is 12.8. The lowest BCUT2D eigenvalue weighted by atomic mass is 9.87. The maximum atomic E-state index is 11.8. The molecule has 2 unspecified atom stereocenters. The molecule has 7 nitrogen and oxygen atoms in total. The Morgan fingerprint density at radius 3 is 2.78 bits per heavy atom. The second-order valence-electron chi connectivity index (χ2n) is 7.99. The normalized spacial score (nSPS) is 22.5. The quantitative estimate of drug-likeness (QED) is 0.833. The highest BCUT2D eigenvalue weighted by Crippen LogP contribution is 2.32. The Labute approximate surface area is 160 Å². The predicted octanol–water partition coefficient (Wildman–Crippen LogP) is 2.03. The van der Waals surface area contributed by atoms with Crippen LogP contribution in [0, 0.1) is 0 Å². The average Bonchev–Trinajstić information content (AvgIpc) is 3.04. The summed E-state index contributed by atoms with van der Waals surface area (Å²) in [4.78, 5) is 0.196. The van der Waals surface area contributed by atoms with E-state index in [-0.39, 0.29) is 10.9 Å². The van der Waals surface area contributed by atoms with Gasteiger partial charge < -0.3 is 9.88 Å². The van der Waals surface area contributed by atoms with Crippen LogP contribution in [0.25, 0.3) is 0 Å². The molecule has 1 aromatic heterocycles. The highest BCUT2D eigenvalue weighted by Gasteiger charge is 2.28. The first-order valence-electron chi connectivity index (χ1n) is 9.66. The molecule has 2 heterocycles. The summed E-state index contributed by atoms with van der Waals surface area (Å²) in [5.74, 6) is 2.45. The maximum absolute atomic E-state index is 11.8. The molecule has 3 N–H and O–H groups in total. The largest absolute Gasteiger partial charge is 0.313 e. The van der Waals surface area contributed by atoms with E-state index < -0.39 is 10.0 Å². The van der Waals surface area contributed by atoms with Crippen molar-refractivity contribution in [3.63, 3.8) is 0 Å². The molecule has 1 aliphatic carbocycles. The summed E-state index contributed by atoms with van der Waals surface area (Å²) >= 11 is 0. The molecule has 4 rings (SSSR count). The number of sulfonamides is 1. The molecule has 1 aromatic carbocycles. The van der Waals surface area contributed by atoms with Crippen LogP contribution >= 0.6 is 0 Å². The second kappa shape index (κ2) is 7.00. The maximum Gasteiger partial charge on any atom is 0.238 e. The SMILES string of the molecule is CC(C)c1nnc2n1CC(NC1CCCc3ccc(S(N)(=O)=O)cc31)CC2. The molecule has 146 valence electrons. The fourth-order valence-electron chi connectivity index (χ4n) is 4.32. The highest BCUT2D eigenvalue weighted by molar-refractivity contribution is 7.89. The Kier molecular flexibility index (Phi) is 4.82. The number of hydrogen-bond acceptors (Lipinski definition) is 5. The standard InChI is InChI=1S/C19H27N5O2S/c1-12(2)19-23-22-18-9-7-14(11-24(18)19)21-17-5-3-4-13-6-8-15(10-16(13)17)27(20,25)26/h6,8,10,12,14,17,21H,3-5,7,9,11H2,1-2H3,(H2,20,25,26). The van der Waals surface area contributed by atoms with Crippen LogP contribution < -0.4 is 10.5 Å². The Morgan fingerprint density at radius 2 is 2.04 bits per heavy atom.